The normalized spacial score (nSPS) is 20.1. The van der Waals surface area contributed by atoms with Crippen LogP contribution in [0.25, 0.3) is 0 Å². The second-order valence-corrected chi connectivity index (χ2v) is 7.85. The zero-order valence-corrected chi connectivity index (χ0v) is 16.6. The van der Waals surface area contributed by atoms with E-state index in [4.69, 9.17) is 18.9 Å². The molecule has 8 heteroatoms. The molecule has 0 N–H and O–H groups in total. The minimum absolute atomic E-state index is 0.136. The maximum Gasteiger partial charge on any atom is 0.422 e. The van der Waals surface area contributed by atoms with Crippen LogP contribution in [0.1, 0.15) is 34.7 Å². The summed E-state index contributed by atoms with van der Waals surface area (Å²) in [7, 11) is 1.45. The molecule has 2 aromatic carbocycles. The molecule has 0 saturated carbocycles. The monoisotopic (exact) mass is 421 g/mol. The maximum absolute atomic E-state index is 12.6. The largest absolute Gasteiger partial charge is 0.493 e. The highest BCUT2D eigenvalue weighted by Gasteiger charge is 2.33. The van der Waals surface area contributed by atoms with E-state index in [9.17, 15) is 13.2 Å². The number of methoxy groups -OCH3 is 1. The van der Waals surface area contributed by atoms with Crippen molar-refractivity contribution in [3.8, 4) is 23.0 Å². The molecule has 0 amide bonds. The summed E-state index contributed by atoms with van der Waals surface area (Å²) >= 11 is 0. The maximum atomic E-state index is 12.6. The molecular formula is C22H22F3NO4. The highest BCUT2D eigenvalue weighted by molar-refractivity contribution is 5.52. The zero-order chi connectivity index (χ0) is 20.9. The SMILES string of the molecule is COc1cc2c(cc1OCC(F)(F)F)CC[C@H]1c3cc4c(cc3CCN1C2)OCO4. The van der Waals surface area contributed by atoms with Crippen molar-refractivity contribution in [1.29, 1.82) is 0 Å². The van der Waals surface area contributed by atoms with Crippen molar-refractivity contribution in [1.82, 2.24) is 4.90 Å². The Balaban J connectivity index is 1.44. The first-order valence-corrected chi connectivity index (χ1v) is 9.97. The van der Waals surface area contributed by atoms with E-state index >= 15 is 0 Å². The zero-order valence-electron chi connectivity index (χ0n) is 16.6. The number of benzene rings is 2. The van der Waals surface area contributed by atoms with Gasteiger partial charge in [0.15, 0.2) is 29.6 Å². The molecule has 3 aliphatic heterocycles. The molecule has 160 valence electrons. The van der Waals surface area contributed by atoms with Gasteiger partial charge in [-0.05, 0) is 65.8 Å². The Morgan fingerprint density at radius 2 is 1.77 bits per heavy atom. The van der Waals surface area contributed by atoms with Gasteiger partial charge >= 0.3 is 6.18 Å². The second-order valence-electron chi connectivity index (χ2n) is 7.85. The summed E-state index contributed by atoms with van der Waals surface area (Å²) in [5.41, 5.74) is 4.60. The summed E-state index contributed by atoms with van der Waals surface area (Å²) in [6.07, 6.45) is -1.86. The lowest BCUT2D eigenvalue weighted by molar-refractivity contribution is -0.153. The Bertz CT molecular complexity index is 976. The van der Waals surface area contributed by atoms with E-state index in [0.717, 1.165) is 48.4 Å². The number of rotatable bonds is 3. The lowest BCUT2D eigenvalue weighted by Crippen LogP contribution is -2.34. The summed E-state index contributed by atoms with van der Waals surface area (Å²) in [4.78, 5) is 2.42. The third-order valence-electron chi connectivity index (χ3n) is 6.04. The number of nitrogens with zero attached hydrogens (tertiary/aromatic N) is 1. The second kappa shape index (κ2) is 7.27. The van der Waals surface area contributed by atoms with Crippen LogP contribution in [0.4, 0.5) is 13.2 Å². The average Bonchev–Trinajstić information content (AvgIpc) is 3.08. The number of ether oxygens (including phenoxy) is 4. The van der Waals surface area contributed by atoms with Gasteiger partial charge in [-0.2, -0.15) is 13.2 Å². The fraction of sp³-hybridized carbons (Fsp3) is 0.455. The standard InChI is InChI=1S/C22H22F3NO4/c1-27-18-8-15-10-26-5-4-14-7-20-21(30-12-29-20)9-16(14)17(26)3-2-13(15)6-19(18)28-11-22(23,24)25/h6-9,17H,2-5,10-12H2,1H3/t17-/m0/s1. The van der Waals surface area contributed by atoms with Crippen LogP contribution in [0.5, 0.6) is 23.0 Å². The molecule has 30 heavy (non-hydrogen) atoms. The molecule has 0 radical (unpaired) electrons. The number of aryl methyl sites for hydroxylation is 1. The van der Waals surface area contributed by atoms with Gasteiger partial charge in [0.05, 0.1) is 7.11 Å². The molecule has 0 aliphatic carbocycles. The van der Waals surface area contributed by atoms with Gasteiger partial charge < -0.3 is 18.9 Å². The average molecular weight is 421 g/mol. The third kappa shape index (κ3) is 3.53. The Morgan fingerprint density at radius 3 is 2.53 bits per heavy atom. The molecule has 3 heterocycles. The number of halogens is 3. The van der Waals surface area contributed by atoms with Crippen LogP contribution in [-0.4, -0.2) is 38.1 Å². The van der Waals surface area contributed by atoms with Gasteiger partial charge in [-0.3, -0.25) is 4.90 Å². The van der Waals surface area contributed by atoms with Crippen molar-refractivity contribution >= 4 is 0 Å². The van der Waals surface area contributed by atoms with Gasteiger partial charge in [0.25, 0.3) is 0 Å². The van der Waals surface area contributed by atoms with Crippen LogP contribution >= 0.6 is 0 Å². The van der Waals surface area contributed by atoms with E-state index in [1.165, 1.54) is 18.2 Å². The first-order chi connectivity index (χ1) is 14.4. The molecule has 0 aromatic heterocycles. The highest BCUT2D eigenvalue weighted by atomic mass is 19.4. The minimum Gasteiger partial charge on any atom is -0.493 e. The van der Waals surface area contributed by atoms with Gasteiger partial charge in [-0.1, -0.05) is 0 Å². The van der Waals surface area contributed by atoms with Gasteiger partial charge in [-0.25, -0.2) is 0 Å². The summed E-state index contributed by atoms with van der Waals surface area (Å²) in [5, 5.41) is 0. The number of hydrogen-bond donors (Lipinski definition) is 0. The van der Waals surface area contributed by atoms with Crippen LogP contribution in [0, 0.1) is 0 Å². The van der Waals surface area contributed by atoms with Crippen molar-refractivity contribution in [2.24, 2.45) is 0 Å². The first-order valence-electron chi connectivity index (χ1n) is 9.97. The molecule has 3 aliphatic rings. The topological polar surface area (TPSA) is 40.2 Å². The molecular weight excluding hydrogens is 399 g/mol. The molecule has 5 rings (SSSR count). The molecule has 1 atom stereocenters. The molecule has 5 nitrogen and oxygen atoms in total. The Kier molecular flexibility index (Phi) is 4.69. The lowest BCUT2D eigenvalue weighted by Gasteiger charge is -2.36. The predicted octanol–water partition coefficient (Wildman–Crippen LogP) is 4.41. The Hall–Kier alpha value is -2.61. The minimum atomic E-state index is -4.39. The number of alkyl halides is 3. The molecule has 0 saturated heterocycles. The molecule has 0 fully saturated rings. The van der Waals surface area contributed by atoms with Crippen LogP contribution in [0.2, 0.25) is 0 Å². The molecule has 0 spiro atoms. The molecule has 0 bridgehead atoms. The molecule has 0 unspecified atom stereocenters. The van der Waals surface area contributed by atoms with Crippen LogP contribution in [0.3, 0.4) is 0 Å². The van der Waals surface area contributed by atoms with Crippen LogP contribution < -0.4 is 18.9 Å². The van der Waals surface area contributed by atoms with E-state index < -0.39 is 12.8 Å². The van der Waals surface area contributed by atoms with Crippen molar-refractivity contribution in [3.63, 3.8) is 0 Å². The van der Waals surface area contributed by atoms with E-state index in [0.29, 0.717) is 12.3 Å². The first kappa shape index (κ1) is 19.4. The van der Waals surface area contributed by atoms with Gasteiger partial charge in [0.2, 0.25) is 6.79 Å². The van der Waals surface area contributed by atoms with E-state index in [-0.39, 0.29) is 18.6 Å². The quantitative estimate of drug-likeness (QED) is 0.734. The summed E-state index contributed by atoms with van der Waals surface area (Å²) in [5.74, 6) is 2.05. The Morgan fingerprint density at radius 1 is 1.00 bits per heavy atom. The van der Waals surface area contributed by atoms with E-state index in [1.807, 2.05) is 6.07 Å². The fourth-order valence-electron chi connectivity index (χ4n) is 4.64. The van der Waals surface area contributed by atoms with Crippen molar-refractivity contribution in [2.45, 2.75) is 38.0 Å². The number of hydrogen-bond acceptors (Lipinski definition) is 5. The van der Waals surface area contributed by atoms with Crippen molar-refractivity contribution in [3.05, 3.63) is 46.5 Å². The Labute approximate surface area is 172 Å². The summed E-state index contributed by atoms with van der Waals surface area (Å²) < 4.78 is 59.3. The fourth-order valence-corrected chi connectivity index (χ4v) is 4.64. The smallest absolute Gasteiger partial charge is 0.422 e. The van der Waals surface area contributed by atoms with Crippen LogP contribution in [0.15, 0.2) is 24.3 Å². The molecule has 2 aromatic rings. The summed E-state index contributed by atoms with van der Waals surface area (Å²) in [6, 6.07) is 7.92. The predicted molar refractivity (Wildman–Crippen MR) is 102 cm³/mol. The van der Waals surface area contributed by atoms with Crippen molar-refractivity contribution in [2.75, 3.05) is 27.1 Å². The number of fused-ring (bicyclic) bond motifs is 5. The van der Waals surface area contributed by atoms with Gasteiger partial charge in [-0.15, -0.1) is 0 Å². The highest BCUT2D eigenvalue weighted by Crippen LogP contribution is 2.44. The van der Waals surface area contributed by atoms with Crippen LogP contribution in [-0.2, 0) is 19.4 Å². The van der Waals surface area contributed by atoms with Gasteiger partial charge in [0.1, 0.15) is 0 Å². The summed E-state index contributed by atoms with van der Waals surface area (Å²) in [6.45, 7) is 0.533. The van der Waals surface area contributed by atoms with Crippen molar-refractivity contribution < 1.29 is 32.1 Å². The lowest BCUT2D eigenvalue weighted by atomic mass is 9.89. The third-order valence-corrected chi connectivity index (χ3v) is 6.04. The van der Waals surface area contributed by atoms with E-state index in [1.54, 1.807) is 6.07 Å². The van der Waals surface area contributed by atoms with Gasteiger partial charge in [0, 0.05) is 19.1 Å². The van der Waals surface area contributed by atoms with E-state index in [2.05, 4.69) is 17.0 Å².